The van der Waals surface area contributed by atoms with Gasteiger partial charge in [0.1, 0.15) is 0 Å². The van der Waals surface area contributed by atoms with Crippen LogP contribution in [-0.2, 0) is 9.53 Å². The summed E-state index contributed by atoms with van der Waals surface area (Å²) < 4.78 is 4.99. The van der Waals surface area contributed by atoms with E-state index in [1.165, 1.54) is 14.0 Å². The Morgan fingerprint density at radius 2 is 2.06 bits per heavy atom. The van der Waals surface area contributed by atoms with E-state index in [0.29, 0.717) is 11.3 Å². The summed E-state index contributed by atoms with van der Waals surface area (Å²) in [6, 6.07) is 4.84. The zero-order valence-corrected chi connectivity index (χ0v) is 10.1. The number of nitrogens with one attached hydrogen (secondary N) is 1. The third kappa shape index (κ3) is 3.21. The van der Waals surface area contributed by atoms with E-state index in [1.54, 1.807) is 25.1 Å². The van der Waals surface area contributed by atoms with E-state index in [9.17, 15) is 9.59 Å². The summed E-state index contributed by atoms with van der Waals surface area (Å²) in [6.07, 6.45) is -0.814. The lowest BCUT2D eigenvalue weighted by atomic mass is 10.1. The molecule has 0 aliphatic rings. The average Bonchev–Trinajstić information content (AvgIpc) is 2.31. The lowest BCUT2D eigenvalue weighted by Gasteiger charge is -2.12. The molecular formula is C12H16N2O3. The van der Waals surface area contributed by atoms with Crippen LogP contribution in [0.15, 0.2) is 18.2 Å². The van der Waals surface area contributed by atoms with Gasteiger partial charge in [-0.15, -0.1) is 0 Å². The van der Waals surface area contributed by atoms with Gasteiger partial charge in [0.2, 0.25) is 0 Å². The van der Waals surface area contributed by atoms with Gasteiger partial charge in [-0.1, -0.05) is 0 Å². The Morgan fingerprint density at radius 1 is 1.41 bits per heavy atom. The quantitative estimate of drug-likeness (QED) is 0.602. The van der Waals surface area contributed by atoms with Crippen LogP contribution in [0.25, 0.3) is 0 Å². The van der Waals surface area contributed by atoms with Crippen molar-refractivity contribution in [2.75, 3.05) is 12.8 Å². The first kappa shape index (κ1) is 13.0. The van der Waals surface area contributed by atoms with Crippen LogP contribution in [0.2, 0.25) is 0 Å². The van der Waals surface area contributed by atoms with Crippen LogP contribution in [0.5, 0.6) is 0 Å². The molecule has 0 saturated heterocycles. The zero-order chi connectivity index (χ0) is 13.0. The molecule has 1 amide bonds. The Bertz CT molecular complexity index is 443. The third-order valence-corrected chi connectivity index (χ3v) is 2.40. The van der Waals surface area contributed by atoms with E-state index in [1.807, 2.05) is 0 Å². The van der Waals surface area contributed by atoms with E-state index in [2.05, 4.69) is 5.32 Å². The molecule has 0 bridgehead atoms. The fraction of sp³-hybridized carbons (Fsp3) is 0.333. The minimum atomic E-state index is -0.814. The monoisotopic (exact) mass is 236 g/mol. The molecule has 1 aromatic rings. The van der Waals surface area contributed by atoms with Crippen LogP contribution in [0.3, 0.4) is 0 Å². The molecule has 0 heterocycles. The molecule has 0 saturated carbocycles. The number of esters is 1. The van der Waals surface area contributed by atoms with Crippen LogP contribution in [-0.4, -0.2) is 25.0 Å². The highest BCUT2D eigenvalue weighted by atomic mass is 16.5. The number of nitrogen functional groups attached to an aromatic ring is 1. The molecule has 92 valence electrons. The molecule has 1 unspecified atom stereocenters. The Balaban J connectivity index is 2.76. The standard InChI is InChI=1S/C12H16N2O3/c1-7-6-9(4-5-10(7)13)12(16)17-8(2)11(15)14-3/h4-6,8H,13H2,1-3H3,(H,14,15). The number of likely N-dealkylation sites (N-methyl/N-ethyl adjacent to an activating group) is 1. The fourth-order valence-corrected chi connectivity index (χ4v) is 1.29. The number of amides is 1. The molecule has 0 spiro atoms. The molecular weight excluding hydrogens is 220 g/mol. The molecule has 1 atom stereocenters. The number of carbonyl (C=O) groups excluding carboxylic acids is 2. The Labute approximate surface area is 99.9 Å². The third-order valence-electron chi connectivity index (χ3n) is 2.40. The van der Waals surface area contributed by atoms with Gasteiger partial charge in [0.15, 0.2) is 6.10 Å². The summed E-state index contributed by atoms with van der Waals surface area (Å²) in [5.41, 5.74) is 7.44. The summed E-state index contributed by atoms with van der Waals surface area (Å²) in [5.74, 6) is -0.880. The molecule has 5 nitrogen and oxygen atoms in total. The number of carbonyl (C=O) groups is 2. The van der Waals surface area contributed by atoms with Crippen molar-refractivity contribution in [1.29, 1.82) is 0 Å². The van der Waals surface area contributed by atoms with Crippen molar-refractivity contribution in [2.45, 2.75) is 20.0 Å². The van der Waals surface area contributed by atoms with E-state index in [4.69, 9.17) is 10.5 Å². The smallest absolute Gasteiger partial charge is 0.338 e. The lowest BCUT2D eigenvalue weighted by Crippen LogP contribution is -2.33. The number of rotatable bonds is 3. The maximum absolute atomic E-state index is 11.7. The van der Waals surface area contributed by atoms with Crippen LogP contribution in [0, 0.1) is 6.92 Å². The molecule has 0 aliphatic heterocycles. The minimum Gasteiger partial charge on any atom is -0.449 e. The van der Waals surface area contributed by atoms with Gasteiger partial charge in [-0.05, 0) is 37.6 Å². The topological polar surface area (TPSA) is 81.4 Å². The zero-order valence-electron chi connectivity index (χ0n) is 10.1. The molecule has 0 fully saturated rings. The van der Waals surface area contributed by atoms with Crippen LogP contribution >= 0.6 is 0 Å². The van der Waals surface area contributed by atoms with Gasteiger partial charge < -0.3 is 15.8 Å². The predicted molar refractivity (Wildman–Crippen MR) is 64.5 cm³/mol. The van der Waals surface area contributed by atoms with Gasteiger partial charge in [-0.3, -0.25) is 4.79 Å². The van der Waals surface area contributed by atoms with Crippen molar-refractivity contribution < 1.29 is 14.3 Å². The second kappa shape index (κ2) is 5.34. The van der Waals surface area contributed by atoms with E-state index < -0.39 is 12.1 Å². The van der Waals surface area contributed by atoms with Crippen LogP contribution < -0.4 is 11.1 Å². The molecule has 1 aromatic carbocycles. The Hall–Kier alpha value is -2.04. The predicted octanol–water partition coefficient (Wildman–Crippen LogP) is 0.869. The van der Waals surface area contributed by atoms with E-state index in [0.717, 1.165) is 5.56 Å². The summed E-state index contributed by atoms with van der Waals surface area (Å²) in [4.78, 5) is 22.9. The Kier molecular flexibility index (Phi) is 4.09. The number of nitrogens with two attached hydrogens (primary N) is 1. The molecule has 0 radical (unpaired) electrons. The maximum atomic E-state index is 11.7. The summed E-state index contributed by atoms with van der Waals surface area (Å²) in [5, 5.41) is 2.41. The first-order valence-electron chi connectivity index (χ1n) is 5.24. The van der Waals surface area contributed by atoms with E-state index >= 15 is 0 Å². The van der Waals surface area contributed by atoms with Crippen molar-refractivity contribution in [2.24, 2.45) is 0 Å². The summed E-state index contributed by atoms with van der Waals surface area (Å²) >= 11 is 0. The normalized spacial score (nSPS) is 11.7. The van der Waals surface area contributed by atoms with Gasteiger partial charge in [0.25, 0.3) is 5.91 Å². The fourth-order valence-electron chi connectivity index (χ4n) is 1.29. The Morgan fingerprint density at radius 3 is 2.59 bits per heavy atom. The summed E-state index contributed by atoms with van der Waals surface area (Å²) in [7, 11) is 1.49. The van der Waals surface area contributed by atoms with Crippen molar-refractivity contribution in [3.8, 4) is 0 Å². The second-order valence-electron chi connectivity index (χ2n) is 3.73. The van der Waals surface area contributed by atoms with E-state index in [-0.39, 0.29) is 5.91 Å². The number of ether oxygens (including phenoxy) is 1. The molecule has 3 N–H and O–H groups in total. The molecule has 17 heavy (non-hydrogen) atoms. The lowest BCUT2D eigenvalue weighted by molar-refractivity contribution is -0.128. The van der Waals surface area contributed by atoms with Crippen LogP contribution in [0.1, 0.15) is 22.8 Å². The number of aryl methyl sites for hydroxylation is 1. The van der Waals surface area contributed by atoms with Crippen molar-refractivity contribution in [1.82, 2.24) is 5.32 Å². The largest absolute Gasteiger partial charge is 0.449 e. The van der Waals surface area contributed by atoms with Gasteiger partial charge >= 0.3 is 5.97 Å². The first-order chi connectivity index (χ1) is 7.95. The van der Waals surface area contributed by atoms with Gasteiger partial charge in [-0.25, -0.2) is 4.79 Å². The minimum absolute atomic E-state index is 0.342. The average molecular weight is 236 g/mol. The number of hydrogen-bond acceptors (Lipinski definition) is 4. The first-order valence-corrected chi connectivity index (χ1v) is 5.24. The molecule has 5 heteroatoms. The van der Waals surface area contributed by atoms with Gasteiger partial charge in [0.05, 0.1) is 5.56 Å². The maximum Gasteiger partial charge on any atom is 0.338 e. The van der Waals surface area contributed by atoms with Crippen molar-refractivity contribution in [3.63, 3.8) is 0 Å². The van der Waals surface area contributed by atoms with Crippen LogP contribution in [0.4, 0.5) is 5.69 Å². The number of hydrogen-bond donors (Lipinski definition) is 2. The van der Waals surface area contributed by atoms with Gasteiger partial charge in [0, 0.05) is 12.7 Å². The van der Waals surface area contributed by atoms with Gasteiger partial charge in [-0.2, -0.15) is 0 Å². The second-order valence-corrected chi connectivity index (χ2v) is 3.73. The highest BCUT2D eigenvalue weighted by Gasteiger charge is 2.17. The SMILES string of the molecule is CNC(=O)C(C)OC(=O)c1ccc(N)c(C)c1. The van der Waals surface area contributed by atoms with Crippen molar-refractivity contribution >= 4 is 17.6 Å². The summed E-state index contributed by atoms with van der Waals surface area (Å²) in [6.45, 7) is 3.31. The van der Waals surface area contributed by atoms with Crippen molar-refractivity contribution in [3.05, 3.63) is 29.3 Å². The molecule has 0 aromatic heterocycles. The number of anilines is 1. The molecule has 1 rings (SSSR count). The highest BCUT2D eigenvalue weighted by molar-refractivity contribution is 5.92. The highest BCUT2D eigenvalue weighted by Crippen LogP contribution is 2.14. The number of benzene rings is 1. The molecule has 0 aliphatic carbocycles.